The first-order chi connectivity index (χ1) is 10.2. The predicted molar refractivity (Wildman–Crippen MR) is 83.4 cm³/mol. The van der Waals surface area contributed by atoms with E-state index in [2.05, 4.69) is 10.2 Å². The Labute approximate surface area is 128 Å². The number of piperidine rings is 1. The van der Waals surface area contributed by atoms with Gasteiger partial charge in [0.15, 0.2) is 0 Å². The van der Waals surface area contributed by atoms with Crippen molar-refractivity contribution in [1.82, 2.24) is 18.8 Å². The molecule has 0 aromatic carbocycles. The van der Waals surface area contributed by atoms with Gasteiger partial charge < -0.3 is 5.32 Å². The molecular weight excluding hydrogens is 288 g/mol. The first-order valence-corrected chi connectivity index (χ1v) is 9.77. The lowest BCUT2D eigenvalue weighted by molar-refractivity contribution is 0.169. The van der Waals surface area contributed by atoms with Crippen molar-refractivity contribution in [3.63, 3.8) is 0 Å². The van der Waals surface area contributed by atoms with Gasteiger partial charge >= 0.3 is 0 Å². The fourth-order valence-corrected chi connectivity index (χ4v) is 5.42. The molecule has 7 heteroatoms. The number of nitrogens with zero attached hydrogens (tertiary/aromatic N) is 3. The molecule has 21 heavy (non-hydrogen) atoms. The minimum atomic E-state index is -3.26. The summed E-state index contributed by atoms with van der Waals surface area (Å²) >= 11 is 0. The van der Waals surface area contributed by atoms with Crippen LogP contribution in [0.3, 0.4) is 0 Å². The number of hydrogen-bond donors (Lipinski definition) is 1. The van der Waals surface area contributed by atoms with Crippen LogP contribution in [0.4, 0.5) is 0 Å². The molecule has 6 nitrogen and oxygen atoms in total. The Morgan fingerprint density at radius 2 is 1.62 bits per heavy atom. The summed E-state index contributed by atoms with van der Waals surface area (Å²) in [7, 11) is -3.26. The maximum atomic E-state index is 12.8. The van der Waals surface area contributed by atoms with E-state index in [0.29, 0.717) is 32.2 Å². The van der Waals surface area contributed by atoms with E-state index in [0.717, 1.165) is 39.0 Å². The Kier molecular flexibility index (Phi) is 5.16. The third-order valence-corrected chi connectivity index (χ3v) is 6.99. The second-order valence-corrected chi connectivity index (χ2v) is 8.34. The van der Waals surface area contributed by atoms with E-state index in [1.165, 1.54) is 19.3 Å². The van der Waals surface area contributed by atoms with Gasteiger partial charge in [0.2, 0.25) is 0 Å². The molecular formula is C14H28N4O2S. The summed E-state index contributed by atoms with van der Waals surface area (Å²) in [4.78, 5) is 2.50. The van der Waals surface area contributed by atoms with Crippen LogP contribution < -0.4 is 5.32 Å². The van der Waals surface area contributed by atoms with E-state index in [1.54, 1.807) is 8.61 Å². The molecule has 0 aromatic heterocycles. The molecule has 0 aliphatic carbocycles. The minimum absolute atomic E-state index is 0.435. The fraction of sp³-hybridized carbons (Fsp3) is 1.00. The van der Waals surface area contributed by atoms with Crippen LogP contribution in [0.2, 0.25) is 0 Å². The van der Waals surface area contributed by atoms with E-state index in [-0.39, 0.29) is 0 Å². The summed E-state index contributed by atoms with van der Waals surface area (Å²) < 4.78 is 28.9. The van der Waals surface area contributed by atoms with E-state index >= 15 is 0 Å². The van der Waals surface area contributed by atoms with Crippen molar-refractivity contribution >= 4 is 10.2 Å². The monoisotopic (exact) mass is 316 g/mol. The summed E-state index contributed by atoms with van der Waals surface area (Å²) in [6, 6.07) is 0.435. The zero-order valence-electron chi connectivity index (χ0n) is 12.8. The Balaban J connectivity index is 1.61. The molecule has 0 aromatic rings. The Morgan fingerprint density at radius 3 is 2.43 bits per heavy atom. The lowest BCUT2D eigenvalue weighted by Crippen LogP contribution is -2.46. The van der Waals surface area contributed by atoms with Crippen molar-refractivity contribution in [2.75, 3.05) is 52.4 Å². The van der Waals surface area contributed by atoms with Crippen LogP contribution in [-0.4, -0.2) is 80.3 Å². The van der Waals surface area contributed by atoms with Crippen LogP contribution in [0.5, 0.6) is 0 Å². The minimum Gasteiger partial charge on any atom is -0.315 e. The summed E-state index contributed by atoms with van der Waals surface area (Å²) in [6.45, 7) is 6.61. The van der Waals surface area contributed by atoms with Gasteiger partial charge in [-0.3, -0.25) is 4.90 Å². The second-order valence-electron chi connectivity index (χ2n) is 6.41. The Morgan fingerprint density at radius 1 is 0.810 bits per heavy atom. The van der Waals surface area contributed by atoms with Gasteiger partial charge in [-0.2, -0.15) is 17.0 Å². The lowest BCUT2D eigenvalue weighted by atomic mass is 10.1. The van der Waals surface area contributed by atoms with E-state index in [9.17, 15) is 8.42 Å². The zero-order valence-corrected chi connectivity index (χ0v) is 13.7. The van der Waals surface area contributed by atoms with Gasteiger partial charge in [-0.25, -0.2) is 0 Å². The molecule has 3 fully saturated rings. The van der Waals surface area contributed by atoms with Crippen LogP contribution >= 0.6 is 0 Å². The van der Waals surface area contributed by atoms with Gasteiger partial charge in [-0.1, -0.05) is 6.42 Å². The Bertz CT molecular complexity index is 428. The Hall–Kier alpha value is -0.210. The third-order valence-electron chi connectivity index (χ3n) is 4.98. The fourth-order valence-electron chi connectivity index (χ4n) is 3.72. The maximum absolute atomic E-state index is 12.8. The highest BCUT2D eigenvalue weighted by Gasteiger charge is 2.37. The van der Waals surface area contributed by atoms with E-state index < -0.39 is 10.2 Å². The normalized spacial score (nSPS) is 31.3. The molecule has 0 bridgehead atoms. The maximum Gasteiger partial charge on any atom is 0.282 e. The average molecular weight is 316 g/mol. The van der Waals surface area contributed by atoms with Gasteiger partial charge in [-0.05, 0) is 45.3 Å². The van der Waals surface area contributed by atoms with Crippen LogP contribution in [0, 0.1) is 0 Å². The molecule has 1 N–H and O–H groups in total. The van der Waals surface area contributed by atoms with Gasteiger partial charge in [0.1, 0.15) is 0 Å². The summed E-state index contributed by atoms with van der Waals surface area (Å²) in [6.07, 6.45) is 5.75. The summed E-state index contributed by atoms with van der Waals surface area (Å²) in [5, 5.41) is 3.27. The van der Waals surface area contributed by atoms with Crippen LogP contribution in [0.1, 0.15) is 32.1 Å². The van der Waals surface area contributed by atoms with Gasteiger partial charge in [0.05, 0.1) is 0 Å². The van der Waals surface area contributed by atoms with Crippen LogP contribution in [0.25, 0.3) is 0 Å². The van der Waals surface area contributed by atoms with Crippen molar-refractivity contribution < 1.29 is 8.42 Å². The van der Waals surface area contributed by atoms with Crippen molar-refractivity contribution in [3.8, 4) is 0 Å². The smallest absolute Gasteiger partial charge is 0.282 e. The molecule has 3 rings (SSSR count). The average Bonchev–Trinajstić information content (AvgIpc) is 2.84. The standard InChI is InChI=1S/C14H28N4O2S/c19-21(20,17-10-4-6-15-7-12-17)18-11-5-14(13-18)16-8-2-1-3-9-16/h14-15H,1-13H2. The lowest BCUT2D eigenvalue weighted by Gasteiger charge is -2.32. The van der Waals surface area contributed by atoms with Crippen molar-refractivity contribution in [2.24, 2.45) is 0 Å². The quantitative estimate of drug-likeness (QED) is 0.802. The van der Waals surface area contributed by atoms with Gasteiger partial charge in [0, 0.05) is 38.8 Å². The van der Waals surface area contributed by atoms with E-state index in [4.69, 9.17) is 0 Å². The molecule has 1 unspecified atom stereocenters. The highest BCUT2D eigenvalue weighted by Crippen LogP contribution is 2.23. The SMILES string of the molecule is O=S(=O)(N1CCCNCC1)N1CCC(N2CCCCC2)C1. The largest absolute Gasteiger partial charge is 0.315 e. The van der Waals surface area contributed by atoms with Crippen molar-refractivity contribution in [2.45, 2.75) is 38.1 Å². The molecule has 0 saturated carbocycles. The predicted octanol–water partition coefficient (Wildman–Crippen LogP) is 0.0867. The summed E-state index contributed by atoms with van der Waals surface area (Å²) in [5.74, 6) is 0. The van der Waals surface area contributed by atoms with Gasteiger partial charge in [0.25, 0.3) is 10.2 Å². The van der Waals surface area contributed by atoms with Gasteiger partial charge in [-0.15, -0.1) is 0 Å². The number of hydrogen-bond acceptors (Lipinski definition) is 4. The van der Waals surface area contributed by atoms with Crippen molar-refractivity contribution in [3.05, 3.63) is 0 Å². The first-order valence-electron chi connectivity index (χ1n) is 8.38. The molecule has 3 heterocycles. The van der Waals surface area contributed by atoms with Crippen molar-refractivity contribution in [1.29, 1.82) is 0 Å². The molecule has 122 valence electrons. The first kappa shape index (κ1) is 15.7. The topological polar surface area (TPSA) is 55.9 Å². The molecule has 0 amide bonds. The second kappa shape index (κ2) is 6.91. The highest BCUT2D eigenvalue weighted by molar-refractivity contribution is 7.86. The molecule has 3 saturated heterocycles. The summed E-state index contributed by atoms with van der Waals surface area (Å²) in [5.41, 5.74) is 0. The van der Waals surface area contributed by atoms with Crippen LogP contribution in [0.15, 0.2) is 0 Å². The number of nitrogens with one attached hydrogen (secondary N) is 1. The molecule has 0 radical (unpaired) electrons. The molecule has 3 aliphatic heterocycles. The molecule has 1 atom stereocenters. The zero-order chi connectivity index (χ0) is 14.7. The number of likely N-dealkylation sites (tertiary alicyclic amines) is 1. The third kappa shape index (κ3) is 3.59. The molecule has 3 aliphatic rings. The molecule has 0 spiro atoms. The van der Waals surface area contributed by atoms with E-state index in [1.807, 2.05) is 0 Å². The number of rotatable bonds is 3. The van der Waals surface area contributed by atoms with Crippen LogP contribution in [-0.2, 0) is 10.2 Å². The highest BCUT2D eigenvalue weighted by atomic mass is 32.2.